The number of nitriles is 1. The van der Waals surface area contributed by atoms with Gasteiger partial charge in [0.15, 0.2) is 0 Å². The van der Waals surface area contributed by atoms with Gasteiger partial charge in [0.2, 0.25) is 5.13 Å². The highest BCUT2D eigenvalue weighted by atomic mass is 32.2. The Morgan fingerprint density at radius 1 is 1.09 bits per heavy atom. The molecule has 0 fully saturated rings. The van der Waals surface area contributed by atoms with Gasteiger partial charge in [-0.25, -0.2) is 13.4 Å². The van der Waals surface area contributed by atoms with Gasteiger partial charge in [-0.2, -0.15) is 9.64 Å². The molecule has 7 rings (SSSR count). The van der Waals surface area contributed by atoms with Crippen molar-refractivity contribution in [1.82, 2.24) is 14.3 Å². The van der Waals surface area contributed by atoms with E-state index in [1.54, 1.807) is 6.07 Å². The smallest absolute Gasteiger partial charge is 0.263 e. The number of rotatable bonds is 12. The van der Waals surface area contributed by atoms with E-state index < -0.39 is 10.0 Å². The highest BCUT2D eigenvalue weighted by Gasteiger charge is 2.47. The summed E-state index contributed by atoms with van der Waals surface area (Å²) < 4.78 is 38.8. The van der Waals surface area contributed by atoms with E-state index in [1.807, 2.05) is 0 Å². The average Bonchev–Trinajstić information content (AvgIpc) is 3.55. The predicted molar refractivity (Wildman–Crippen MR) is 168 cm³/mol. The molecule has 10 heteroatoms. The first-order chi connectivity index (χ1) is 20.9. The zero-order valence-corrected chi connectivity index (χ0v) is 26.0. The van der Waals surface area contributed by atoms with Crippen LogP contribution in [0, 0.1) is 11.3 Å². The molecule has 0 radical (unpaired) electrons. The first kappa shape index (κ1) is 29.3. The van der Waals surface area contributed by atoms with Crippen LogP contribution < -0.4 is 9.46 Å². The zero-order valence-electron chi connectivity index (χ0n) is 24.4. The monoisotopic (exact) mass is 613 g/mol. The molecule has 3 aliphatic carbocycles. The van der Waals surface area contributed by atoms with Crippen molar-refractivity contribution in [2.75, 3.05) is 24.4 Å². The lowest BCUT2D eigenvalue weighted by Crippen LogP contribution is -2.42. The average molecular weight is 614 g/mol. The van der Waals surface area contributed by atoms with Crippen LogP contribution in [0.15, 0.2) is 78.0 Å². The van der Waals surface area contributed by atoms with Crippen LogP contribution in [-0.2, 0) is 15.4 Å². The minimum atomic E-state index is -3.93. The van der Waals surface area contributed by atoms with E-state index in [-0.39, 0.29) is 27.1 Å². The first-order valence-corrected chi connectivity index (χ1v) is 17.1. The van der Waals surface area contributed by atoms with Crippen LogP contribution >= 0.6 is 11.5 Å². The zero-order chi connectivity index (χ0) is 30.0. The lowest BCUT2D eigenvalue weighted by atomic mass is 9.54. The molecule has 4 aromatic rings. The molecule has 0 aliphatic heterocycles. The molecular weight excluding hydrogens is 579 g/mol. The minimum absolute atomic E-state index is 0.0297. The number of benzene rings is 3. The van der Waals surface area contributed by atoms with Gasteiger partial charge in [0.25, 0.3) is 10.0 Å². The van der Waals surface area contributed by atoms with Gasteiger partial charge in [-0.15, -0.1) is 0 Å². The molecular formula is C33H35N5O3S2. The summed E-state index contributed by atoms with van der Waals surface area (Å²) in [5.41, 5.74) is 5.85. The van der Waals surface area contributed by atoms with Crippen molar-refractivity contribution in [1.29, 1.82) is 5.26 Å². The van der Waals surface area contributed by atoms with Gasteiger partial charge in [0, 0.05) is 29.4 Å². The Kier molecular flexibility index (Phi) is 8.23. The van der Waals surface area contributed by atoms with E-state index in [4.69, 9.17) is 4.74 Å². The van der Waals surface area contributed by atoms with Crippen LogP contribution in [0.5, 0.6) is 5.75 Å². The summed E-state index contributed by atoms with van der Waals surface area (Å²) in [6.07, 6.45) is 5.03. The molecule has 1 aromatic heterocycles. The number of hydrogen-bond donors (Lipinski definition) is 1. The number of sulfonamides is 1. The van der Waals surface area contributed by atoms with Crippen LogP contribution in [-0.4, -0.2) is 48.4 Å². The Labute approximate surface area is 257 Å². The van der Waals surface area contributed by atoms with Gasteiger partial charge in [-0.05, 0) is 79.2 Å². The highest BCUT2D eigenvalue weighted by molar-refractivity contribution is 7.93. The molecule has 1 atom stereocenters. The second-order valence-electron chi connectivity index (χ2n) is 11.2. The summed E-state index contributed by atoms with van der Waals surface area (Å²) in [7, 11) is -3.93. The third kappa shape index (κ3) is 5.53. The lowest BCUT2D eigenvalue weighted by Gasteiger charge is -2.50. The van der Waals surface area contributed by atoms with Crippen LogP contribution in [0.4, 0.5) is 5.13 Å². The molecule has 0 saturated carbocycles. The quantitative estimate of drug-likeness (QED) is 0.200. The molecule has 0 saturated heterocycles. The van der Waals surface area contributed by atoms with Crippen LogP contribution in [0.2, 0.25) is 0 Å². The van der Waals surface area contributed by atoms with E-state index in [0.717, 1.165) is 50.3 Å². The van der Waals surface area contributed by atoms with Crippen molar-refractivity contribution < 1.29 is 13.2 Å². The lowest BCUT2D eigenvalue weighted by molar-refractivity contribution is 0.121. The molecule has 1 N–H and O–H groups in total. The van der Waals surface area contributed by atoms with Crippen molar-refractivity contribution >= 4 is 26.7 Å². The Bertz CT molecular complexity index is 1700. The van der Waals surface area contributed by atoms with Gasteiger partial charge < -0.3 is 9.64 Å². The molecule has 1 heterocycles. The van der Waals surface area contributed by atoms with Crippen molar-refractivity contribution in [2.24, 2.45) is 0 Å². The maximum absolute atomic E-state index is 12.9. The summed E-state index contributed by atoms with van der Waals surface area (Å²) in [5.74, 6) is 0.839. The van der Waals surface area contributed by atoms with Crippen molar-refractivity contribution in [3.8, 4) is 11.8 Å². The Balaban J connectivity index is 1.29. The number of ether oxygens (including phenoxy) is 1. The summed E-state index contributed by atoms with van der Waals surface area (Å²) in [4.78, 5) is 6.20. The molecule has 3 aliphatic rings. The fourth-order valence-corrected chi connectivity index (χ4v) is 8.64. The topological polar surface area (TPSA) is 108 Å². The van der Waals surface area contributed by atoms with E-state index in [0.29, 0.717) is 18.2 Å². The molecule has 1 unspecified atom stereocenters. The third-order valence-corrected chi connectivity index (χ3v) is 11.1. The molecule has 2 bridgehead atoms. The van der Waals surface area contributed by atoms with Crippen molar-refractivity contribution in [3.05, 3.63) is 101 Å². The summed E-state index contributed by atoms with van der Waals surface area (Å²) in [5, 5.41) is 10.2. The number of aromatic nitrogens is 2. The molecule has 3 aromatic carbocycles. The number of anilines is 1. The second kappa shape index (κ2) is 12.1. The highest BCUT2D eigenvalue weighted by Crippen LogP contribution is 2.58. The maximum atomic E-state index is 12.9. The number of nitrogens with one attached hydrogen (secondary N) is 1. The van der Waals surface area contributed by atoms with E-state index >= 15 is 0 Å². The third-order valence-electron chi connectivity index (χ3n) is 9.07. The maximum Gasteiger partial charge on any atom is 0.263 e. The summed E-state index contributed by atoms with van der Waals surface area (Å²) in [6, 6.07) is 24.4. The second-order valence-corrected chi connectivity index (χ2v) is 13.7. The Hall–Kier alpha value is -3.78. The van der Waals surface area contributed by atoms with Gasteiger partial charge in [-0.1, -0.05) is 62.4 Å². The summed E-state index contributed by atoms with van der Waals surface area (Å²) in [6.45, 7) is 6.75. The van der Waals surface area contributed by atoms with Crippen LogP contribution in [0.1, 0.15) is 73.3 Å². The van der Waals surface area contributed by atoms with Gasteiger partial charge in [-0.3, -0.25) is 4.72 Å². The van der Waals surface area contributed by atoms with Gasteiger partial charge >= 0.3 is 0 Å². The molecule has 0 amide bonds. The molecule has 43 heavy (non-hydrogen) atoms. The number of fused-ring (bicyclic) bond motifs is 1. The van der Waals surface area contributed by atoms with Crippen LogP contribution in [0.25, 0.3) is 0 Å². The molecule has 8 nitrogen and oxygen atoms in total. The van der Waals surface area contributed by atoms with E-state index in [9.17, 15) is 13.7 Å². The Morgan fingerprint density at radius 2 is 1.79 bits per heavy atom. The predicted octanol–water partition coefficient (Wildman–Crippen LogP) is 6.31. The standard InChI is InChI=1S/C33H35N5O3S2/c1-3-38(4-2)21-24(41-31-14-13-25(19-23(31)20-34)43(39,40)37-32-35-22-36-42-32)15-17-33-18-16-26(27-9-5-7-11-29(27)33)28-10-6-8-12-30(28)33/h5-14,19,22,24,26H,3-4,15-18,21H2,1-2H3,(H,35,36,37). The van der Waals surface area contributed by atoms with Crippen molar-refractivity contribution in [3.63, 3.8) is 0 Å². The Morgan fingerprint density at radius 3 is 2.42 bits per heavy atom. The fraction of sp³-hybridized carbons (Fsp3) is 0.364. The normalized spacial score (nSPS) is 19.3. The SMILES string of the molecule is CCN(CC)CC(CCC12CCC(c3ccccc31)c1ccccc12)Oc1ccc(S(=O)(=O)Nc2ncns2)cc1C#N. The first-order valence-electron chi connectivity index (χ1n) is 14.8. The van der Waals surface area contributed by atoms with Gasteiger partial charge in [0.1, 0.15) is 24.3 Å². The van der Waals surface area contributed by atoms with Crippen LogP contribution in [0.3, 0.4) is 0 Å². The largest absolute Gasteiger partial charge is 0.488 e. The van der Waals surface area contributed by atoms with E-state index in [1.165, 1.54) is 40.7 Å². The van der Waals surface area contributed by atoms with Crippen molar-refractivity contribution in [2.45, 2.75) is 61.9 Å². The van der Waals surface area contributed by atoms with E-state index in [2.05, 4.69) is 87.4 Å². The number of nitrogens with zero attached hydrogens (tertiary/aromatic N) is 4. The summed E-state index contributed by atoms with van der Waals surface area (Å²) >= 11 is 0.943. The minimum Gasteiger partial charge on any atom is -0.488 e. The number of hydrogen-bond acceptors (Lipinski definition) is 8. The number of likely N-dealkylation sites (N-methyl/N-ethyl adjacent to an activating group) is 1. The molecule has 0 spiro atoms. The molecule has 222 valence electrons. The fourth-order valence-electron chi connectivity index (χ4n) is 6.95. The van der Waals surface area contributed by atoms with Gasteiger partial charge in [0.05, 0.1) is 10.5 Å².